The van der Waals surface area contributed by atoms with Crippen molar-refractivity contribution >= 4 is 37.0 Å². The third kappa shape index (κ3) is 3.68. The number of aryl methyl sites for hydroxylation is 1. The fourth-order valence-corrected chi connectivity index (χ4v) is 5.51. The Kier molecular flexibility index (Phi) is 5.09. The second-order valence-electron chi connectivity index (χ2n) is 7.06. The van der Waals surface area contributed by atoms with Gasteiger partial charge in [0, 0.05) is 24.1 Å². The minimum absolute atomic E-state index is 0.362. The van der Waals surface area contributed by atoms with Gasteiger partial charge in [0.2, 0.25) is 10.0 Å². The predicted molar refractivity (Wildman–Crippen MR) is 110 cm³/mol. The normalized spacial score (nSPS) is 16.8. The molecule has 1 aliphatic rings. The van der Waals surface area contributed by atoms with Crippen LogP contribution in [0.2, 0.25) is 0 Å². The van der Waals surface area contributed by atoms with Gasteiger partial charge in [-0.2, -0.15) is 4.31 Å². The maximum absolute atomic E-state index is 12.8. The van der Waals surface area contributed by atoms with E-state index in [9.17, 15) is 8.42 Å². The largest absolute Gasteiger partial charge is 0.328 e. The monoisotopic (exact) mass is 447 g/mol. The van der Waals surface area contributed by atoms with Crippen LogP contribution >= 0.6 is 15.9 Å². The lowest BCUT2D eigenvalue weighted by atomic mass is 9.98. The molecule has 0 spiro atoms. The Morgan fingerprint density at radius 2 is 1.74 bits per heavy atom. The number of nitrogens with zero attached hydrogens (tertiary/aromatic N) is 3. The molecule has 2 aromatic carbocycles. The van der Waals surface area contributed by atoms with Crippen molar-refractivity contribution in [1.82, 2.24) is 13.9 Å². The number of fused-ring (bicyclic) bond motifs is 1. The lowest BCUT2D eigenvalue weighted by Gasteiger charge is -2.31. The van der Waals surface area contributed by atoms with Gasteiger partial charge in [0.25, 0.3) is 0 Å². The van der Waals surface area contributed by atoms with E-state index < -0.39 is 10.0 Å². The van der Waals surface area contributed by atoms with Crippen LogP contribution in [0.3, 0.4) is 0 Å². The Morgan fingerprint density at radius 3 is 2.44 bits per heavy atom. The molecule has 0 N–H and O–H groups in total. The Morgan fingerprint density at radius 1 is 1.07 bits per heavy atom. The molecule has 5 nitrogen and oxygen atoms in total. The molecule has 0 aliphatic carbocycles. The van der Waals surface area contributed by atoms with Gasteiger partial charge in [-0.15, -0.1) is 0 Å². The average Bonchev–Trinajstić information content (AvgIpc) is 2.98. The van der Waals surface area contributed by atoms with E-state index in [2.05, 4.69) is 31.5 Å². The summed E-state index contributed by atoms with van der Waals surface area (Å²) in [6.45, 7) is 4.05. The number of imidazole rings is 1. The molecule has 0 unspecified atom stereocenters. The molecule has 0 atom stereocenters. The topological polar surface area (TPSA) is 55.2 Å². The highest BCUT2D eigenvalue weighted by molar-refractivity contribution is 9.10. The van der Waals surface area contributed by atoms with Crippen LogP contribution in [0.1, 0.15) is 18.7 Å². The van der Waals surface area contributed by atoms with E-state index in [4.69, 9.17) is 0 Å². The van der Waals surface area contributed by atoms with Crippen LogP contribution in [0, 0.1) is 12.8 Å². The molecular formula is C20H22BrN3O2S. The molecule has 1 saturated heterocycles. The SMILES string of the molecule is Cc1nc2ccccc2n1CC1CCN(S(=O)(=O)c2ccc(Br)cc2)CC1. The lowest BCUT2D eigenvalue weighted by molar-refractivity contribution is 0.253. The zero-order valence-electron chi connectivity index (χ0n) is 15.2. The van der Waals surface area contributed by atoms with E-state index in [1.807, 2.05) is 25.1 Å². The molecule has 3 aromatic rings. The molecule has 0 radical (unpaired) electrons. The zero-order chi connectivity index (χ0) is 19.0. The van der Waals surface area contributed by atoms with Gasteiger partial charge in [-0.25, -0.2) is 13.4 Å². The van der Waals surface area contributed by atoms with Crippen LogP contribution < -0.4 is 0 Å². The number of hydrogen-bond acceptors (Lipinski definition) is 3. The summed E-state index contributed by atoms with van der Waals surface area (Å²) < 4.78 is 30.5. The average molecular weight is 448 g/mol. The van der Waals surface area contributed by atoms with Crippen LogP contribution in [0.15, 0.2) is 57.9 Å². The second-order valence-corrected chi connectivity index (χ2v) is 9.91. The number of aromatic nitrogens is 2. The molecule has 0 amide bonds. The van der Waals surface area contributed by atoms with Gasteiger partial charge in [-0.05, 0) is 62.1 Å². The maximum atomic E-state index is 12.8. The van der Waals surface area contributed by atoms with Crippen LogP contribution in [-0.4, -0.2) is 35.4 Å². The standard InChI is InChI=1S/C20H22BrN3O2S/c1-15-22-19-4-2-3-5-20(19)24(15)14-16-10-12-23(13-11-16)27(25,26)18-8-6-17(21)7-9-18/h2-9,16H,10-14H2,1H3. The van der Waals surface area contributed by atoms with E-state index >= 15 is 0 Å². The molecule has 1 fully saturated rings. The lowest BCUT2D eigenvalue weighted by Crippen LogP contribution is -2.39. The molecule has 7 heteroatoms. The summed E-state index contributed by atoms with van der Waals surface area (Å²) in [7, 11) is -3.41. The van der Waals surface area contributed by atoms with Crippen molar-refractivity contribution in [3.8, 4) is 0 Å². The molecule has 27 heavy (non-hydrogen) atoms. The van der Waals surface area contributed by atoms with Gasteiger partial charge in [-0.3, -0.25) is 0 Å². The van der Waals surface area contributed by atoms with E-state index in [0.29, 0.717) is 23.9 Å². The quantitative estimate of drug-likeness (QED) is 0.601. The van der Waals surface area contributed by atoms with Gasteiger partial charge >= 0.3 is 0 Å². The highest BCUT2D eigenvalue weighted by Crippen LogP contribution is 2.27. The minimum atomic E-state index is -3.41. The smallest absolute Gasteiger partial charge is 0.243 e. The zero-order valence-corrected chi connectivity index (χ0v) is 17.6. The first-order valence-corrected chi connectivity index (χ1v) is 11.4. The highest BCUT2D eigenvalue weighted by atomic mass is 79.9. The summed E-state index contributed by atoms with van der Waals surface area (Å²) in [6, 6.07) is 15.0. The predicted octanol–water partition coefficient (Wildman–Crippen LogP) is 4.21. The van der Waals surface area contributed by atoms with Gasteiger partial charge in [0.1, 0.15) is 5.82 Å². The summed E-state index contributed by atoms with van der Waals surface area (Å²) in [6.07, 6.45) is 1.73. The van der Waals surface area contributed by atoms with Crippen LogP contribution in [-0.2, 0) is 16.6 Å². The Bertz CT molecular complexity index is 1050. The Balaban J connectivity index is 1.46. The number of benzene rings is 2. The molecule has 0 bridgehead atoms. The molecule has 1 aromatic heterocycles. The molecular weight excluding hydrogens is 426 g/mol. The minimum Gasteiger partial charge on any atom is -0.328 e. The van der Waals surface area contributed by atoms with Crippen molar-refractivity contribution < 1.29 is 8.42 Å². The number of halogens is 1. The van der Waals surface area contributed by atoms with Crippen molar-refractivity contribution in [2.24, 2.45) is 5.92 Å². The Labute approximate surface area is 168 Å². The molecule has 4 rings (SSSR count). The van der Waals surface area contributed by atoms with Crippen LogP contribution in [0.5, 0.6) is 0 Å². The number of para-hydroxylation sites is 2. The van der Waals surface area contributed by atoms with Gasteiger partial charge < -0.3 is 4.57 Å². The van der Waals surface area contributed by atoms with Gasteiger partial charge in [-0.1, -0.05) is 28.1 Å². The van der Waals surface area contributed by atoms with E-state index in [-0.39, 0.29) is 0 Å². The van der Waals surface area contributed by atoms with Crippen LogP contribution in [0.25, 0.3) is 11.0 Å². The van der Waals surface area contributed by atoms with Crippen molar-refractivity contribution in [1.29, 1.82) is 0 Å². The summed E-state index contributed by atoms with van der Waals surface area (Å²) in [5.74, 6) is 1.47. The molecule has 0 saturated carbocycles. The fourth-order valence-electron chi connectivity index (χ4n) is 3.77. The Hall–Kier alpha value is -1.70. The van der Waals surface area contributed by atoms with E-state index in [0.717, 1.165) is 40.7 Å². The summed E-state index contributed by atoms with van der Waals surface area (Å²) >= 11 is 3.35. The summed E-state index contributed by atoms with van der Waals surface area (Å²) in [5, 5.41) is 0. The first kappa shape index (κ1) is 18.7. The second kappa shape index (κ2) is 7.37. The van der Waals surface area contributed by atoms with Crippen LogP contribution in [0.4, 0.5) is 0 Å². The molecule has 2 heterocycles. The van der Waals surface area contributed by atoms with E-state index in [1.54, 1.807) is 28.6 Å². The fraction of sp³-hybridized carbons (Fsp3) is 0.350. The maximum Gasteiger partial charge on any atom is 0.243 e. The third-order valence-electron chi connectivity index (χ3n) is 5.31. The van der Waals surface area contributed by atoms with E-state index in [1.165, 1.54) is 0 Å². The first-order valence-electron chi connectivity index (χ1n) is 9.13. The number of hydrogen-bond donors (Lipinski definition) is 0. The number of sulfonamides is 1. The number of rotatable bonds is 4. The van der Waals surface area contributed by atoms with Crippen molar-refractivity contribution in [3.05, 3.63) is 58.8 Å². The highest BCUT2D eigenvalue weighted by Gasteiger charge is 2.29. The van der Waals surface area contributed by atoms with Crippen molar-refractivity contribution in [2.45, 2.75) is 31.2 Å². The van der Waals surface area contributed by atoms with Crippen molar-refractivity contribution in [3.63, 3.8) is 0 Å². The molecule has 1 aliphatic heterocycles. The molecule has 142 valence electrons. The van der Waals surface area contributed by atoms with Gasteiger partial charge in [0.15, 0.2) is 0 Å². The van der Waals surface area contributed by atoms with Crippen molar-refractivity contribution in [2.75, 3.05) is 13.1 Å². The first-order chi connectivity index (χ1) is 12.9. The third-order valence-corrected chi connectivity index (χ3v) is 7.75. The summed E-state index contributed by atoms with van der Waals surface area (Å²) in [4.78, 5) is 4.99. The van der Waals surface area contributed by atoms with Gasteiger partial charge in [0.05, 0.1) is 15.9 Å². The summed E-state index contributed by atoms with van der Waals surface area (Å²) in [5.41, 5.74) is 2.17. The number of piperidine rings is 1.